The molecular formula is C10H8F4N2O2S. The van der Waals surface area contributed by atoms with E-state index in [2.05, 4.69) is 0 Å². The highest BCUT2D eigenvalue weighted by molar-refractivity contribution is 7.89. The Morgan fingerprint density at radius 2 is 1.95 bits per heavy atom. The van der Waals surface area contributed by atoms with Gasteiger partial charge >= 0.3 is 6.18 Å². The molecule has 0 aliphatic rings. The van der Waals surface area contributed by atoms with Crippen molar-refractivity contribution in [3.63, 3.8) is 0 Å². The maximum absolute atomic E-state index is 13.0. The maximum Gasteiger partial charge on any atom is 0.419 e. The second kappa shape index (κ2) is 5.14. The van der Waals surface area contributed by atoms with Crippen molar-refractivity contribution in [3.05, 3.63) is 29.6 Å². The molecule has 0 fully saturated rings. The maximum atomic E-state index is 13.0. The Hall–Kier alpha value is -1.66. The predicted octanol–water partition coefficient (Wildman–Crippen LogP) is 2.03. The lowest BCUT2D eigenvalue weighted by molar-refractivity contribution is -0.140. The number of sulfonamides is 1. The molecule has 4 nitrogen and oxygen atoms in total. The van der Waals surface area contributed by atoms with E-state index in [1.165, 1.54) is 6.92 Å². The van der Waals surface area contributed by atoms with E-state index in [9.17, 15) is 26.0 Å². The van der Waals surface area contributed by atoms with E-state index in [4.69, 9.17) is 5.26 Å². The number of benzene rings is 1. The Morgan fingerprint density at radius 3 is 2.42 bits per heavy atom. The molecule has 1 unspecified atom stereocenters. The molecule has 0 radical (unpaired) electrons. The molecule has 0 aliphatic heterocycles. The van der Waals surface area contributed by atoms with E-state index >= 15 is 0 Å². The van der Waals surface area contributed by atoms with Crippen LogP contribution in [-0.2, 0) is 16.2 Å². The van der Waals surface area contributed by atoms with Crippen LogP contribution in [0.4, 0.5) is 17.6 Å². The second-order valence-electron chi connectivity index (χ2n) is 3.61. The van der Waals surface area contributed by atoms with Gasteiger partial charge in [0, 0.05) is 0 Å². The summed E-state index contributed by atoms with van der Waals surface area (Å²) in [6, 6.07) is 1.72. The Morgan fingerprint density at radius 1 is 1.37 bits per heavy atom. The first-order valence-electron chi connectivity index (χ1n) is 4.86. The Kier molecular flexibility index (Phi) is 4.17. The standard InChI is InChI=1S/C10H8F4N2O2S/c1-6(5-15)16-19(17,18)7-2-3-9(11)8(4-7)10(12,13)14/h2-4,6,16H,1H3. The van der Waals surface area contributed by atoms with E-state index in [0.29, 0.717) is 12.1 Å². The molecule has 1 atom stereocenters. The van der Waals surface area contributed by atoms with Crippen LogP contribution in [0.15, 0.2) is 23.1 Å². The zero-order valence-corrected chi connectivity index (χ0v) is 10.3. The molecule has 0 spiro atoms. The molecule has 19 heavy (non-hydrogen) atoms. The molecule has 0 bridgehead atoms. The summed E-state index contributed by atoms with van der Waals surface area (Å²) in [6.45, 7) is 1.21. The highest BCUT2D eigenvalue weighted by Gasteiger charge is 2.35. The van der Waals surface area contributed by atoms with Crippen LogP contribution >= 0.6 is 0 Å². The molecule has 0 amide bonds. The van der Waals surface area contributed by atoms with E-state index in [0.717, 1.165) is 0 Å². The van der Waals surface area contributed by atoms with Crippen LogP contribution in [0.25, 0.3) is 0 Å². The van der Waals surface area contributed by atoms with Crippen molar-refractivity contribution in [1.82, 2.24) is 4.72 Å². The van der Waals surface area contributed by atoms with Gasteiger partial charge in [0.05, 0.1) is 16.5 Å². The number of hydrogen-bond acceptors (Lipinski definition) is 3. The zero-order chi connectivity index (χ0) is 14.8. The normalized spacial score (nSPS) is 13.9. The first-order valence-corrected chi connectivity index (χ1v) is 6.35. The van der Waals surface area contributed by atoms with E-state index < -0.39 is 38.5 Å². The van der Waals surface area contributed by atoms with Crippen LogP contribution < -0.4 is 4.72 Å². The number of nitrogens with one attached hydrogen (secondary N) is 1. The molecule has 9 heteroatoms. The molecule has 1 N–H and O–H groups in total. The summed E-state index contributed by atoms with van der Waals surface area (Å²) in [5.74, 6) is -1.57. The van der Waals surface area contributed by atoms with Gasteiger partial charge in [-0.15, -0.1) is 0 Å². The minimum Gasteiger partial charge on any atom is -0.207 e. The van der Waals surface area contributed by atoms with Crippen LogP contribution in [0, 0.1) is 17.1 Å². The molecule has 0 heterocycles. The third-order valence-electron chi connectivity index (χ3n) is 2.08. The Labute approximate surface area is 106 Å². The largest absolute Gasteiger partial charge is 0.419 e. The van der Waals surface area contributed by atoms with Gasteiger partial charge in [0.1, 0.15) is 11.9 Å². The first-order chi connectivity index (χ1) is 8.58. The van der Waals surface area contributed by atoms with Crippen molar-refractivity contribution in [2.75, 3.05) is 0 Å². The van der Waals surface area contributed by atoms with Crippen LogP contribution in [0.3, 0.4) is 0 Å². The van der Waals surface area contributed by atoms with E-state index in [-0.39, 0.29) is 6.07 Å². The molecule has 1 rings (SSSR count). The fourth-order valence-electron chi connectivity index (χ4n) is 1.22. The lowest BCUT2D eigenvalue weighted by Gasteiger charge is -2.11. The fourth-order valence-corrected chi connectivity index (χ4v) is 2.39. The number of nitriles is 1. The average molecular weight is 296 g/mol. The van der Waals surface area contributed by atoms with Crippen LogP contribution in [0.2, 0.25) is 0 Å². The third-order valence-corrected chi connectivity index (χ3v) is 3.62. The smallest absolute Gasteiger partial charge is 0.207 e. The van der Waals surface area contributed by atoms with Crippen LogP contribution in [-0.4, -0.2) is 14.5 Å². The zero-order valence-electron chi connectivity index (χ0n) is 9.49. The Bertz CT molecular complexity index is 619. The molecule has 104 valence electrons. The van der Waals surface area contributed by atoms with Gasteiger partial charge in [-0.1, -0.05) is 0 Å². The topological polar surface area (TPSA) is 70.0 Å². The minimum absolute atomic E-state index is 0.182. The van der Waals surface area contributed by atoms with Gasteiger partial charge in [0.2, 0.25) is 10.0 Å². The minimum atomic E-state index is -5.00. The van der Waals surface area contributed by atoms with Crippen molar-refractivity contribution in [2.45, 2.75) is 24.0 Å². The summed E-state index contributed by atoms with van der Waals surface area (Å²) in [5.41, 5.74) is -1.68. The van der Waals surface area contributed by atoms with E-state index in [1.54, 1.807) is 6.07 Å². The summed E-state index contributed by atoms with van der Waals surface area (Å²) >= 11 is 0. The molecule has 1 aromatic carbocycles. The SMILES string of the molecule is CC(C#N)NS(=O)(=O)c1ccc(F)c(C(F)(F)F)c1. The van der Waals surface area contributed by atoms with Gasteiger partial charge in [0.25, 0.3) is 0 Å². The van der Waals surface area contributed by atoms with Crippen molar-refractivity contribution in [3.8, 4) is 6.07 Å². The summed E-state index contributed by atoms with van der Waals surface area (Å²) in [5, 5.41) is 8.46. The Balaban J connectivity index is 3.28. The average Bonchev–Trinajstić information content (AvgIpc) is 2.26. The summed E-state index contributed by atoms with van der Waals surface area (Å²) in [7, 11) is -4.31. The lowest BCUT2D eigenvalue weighted by Crippen LogP contribution is -2.31. The summed E-state index contributed by atoms with van der Waals surface area (Å²) < 4.78 is 75.4. The molecule has 0 saturated carbocycles. The lowest BCUT2D eigenvalue weighted by atomic mass is 10.2. The van der Waals surface area contributed by atoms with E-state index in [1.807, 2.05) is 4.72 Å². The van der Waals surface area contributed by atoms with Crippen LogP contribution in [0.5, 0.6) is 0 Å². The quantitative estimate of drug-likeness (QED) is 0.868. The van der Waals surface area contributed by atoms with Gasteiger partial charge in [-0.25, -0.2) is 12.8 Å². The van der Waals surface area contributed by atoms with Gasteiger partial charge in [-0.05, 0) is 25.1 Å². The van der Waals surface area contributed by atoms with Gasteiger partial charge in [-0.2, -0.15) is 23.2 Å². The van der Waals surface area contributed by atoms with Crippen molar-refractivity contribution in [1.29, 1.82) is 5.26 Å². The number of hydrogen-bond donors (Lipinski definition) is 1. The third kappa shape index (κ3) is 3.65. The number of nitrogens with zero attached hydrogens (tertiary/aromatic N) is 1. The monoisotopic (exact) mass is 296 g/mol. The molecule has 0 saturated heterocycles. The molecule has 1 aromatic rings. The molecule has 0 aromatic heterocycles. The number of alkyl halides is 3. The van der Waals surface area contributed by atoms with Crippen molar-refractivity contribution in [2.24, 2.45) is 0 Å². The highest BCUT2D eigenvalue weighted by Crippen LogP contribution is 2.32. The van der Waals surface area contributed by atoms with Crippen LogP contribution in [0.1, 0.15) is 12.5 Å². The number of halogens is 4. The first kappa shape index (κ1) is 15.4. The van der Waals surface area contributed by atoms with Gasteiger partial charge < -0.3 is 0 Å². The summed E-state index contributed by atoms with van der Waals surface area (Å²) in [6.07, 6.45) is -5.00. The molecular weight excluding hydrogens is 288 g/mol. The van der Waals surface area contributed by atoms with Gasteiger partial charge in [-0.3, -0.25) is 0 Å². The van der Waals surface area contributed by atoms with Gasteiger partial charge in [0.15, 0.2) is 0 Å². The summed E-state index contributed by atoms with van der Waals surface area (Å²) in [4.78, 5) is -0.761. The van der Waals surface area contributed by atoms with Crippen molar-refractivity contribution >= 4 is 10.0 Å². The highest BCUT2D eigenvalue weighted by atomic mass is 32.2. The predicted molar refractivity (Wildman–Crippen MR) is 56.8 cm³/mol. The molecule has 0 aliphatic carbocycles. The number of rotatable bonds is 3. The van der Waals surface area contributed by atoms with Crippen molar-refractivity contribution < 1.29 is 26.0 Å². The fraction of sp³-hybridized carbons (Fsp3) is 0.300. The second-order valence-corrected chi connectivity index (χ2v) is 5.33.